The number of hydrogen-bond acceptors (Lipinski definition) is 4. The average molecular weight is 681 g/mol. The first kappa shape index (κ1) is 35.0. The maximum Gasteiger partial charge on any atom is 0.264 e. The van der Waals surface area contributed by atoms with Crippen LogP contribution in [0.1, 0.15) is 36.1 Å². The van der Waals surface area contributed by atoms with Crippen molar-refractivity contribution in [2.24, 2.45) is 5.92 Å². The van der Waals surface area contributed by atoms with Crippen molar-refractivity contribution >= 4 is 50.7 Å². The van der Waals surface area contributed by atoms with Crippen molar-refractivity contribution in [2.75, 3.05) is 17.4 Å². The van der Waals surface area contributed by atoms with Crippen molar-refractivity contribution in [3.8, 4) is 0 Å². The SMILES string of the molecule is Cc1ccc(S(=O)(=O)N(CC(=O)N(Cc2ccc(Cl)cc2)[C@H](Cc2ccccc2)C(=O)NCC(C)C)c2cc(Cl)ccc2C)cc1. The lowest BCUT2D eigenvalue weighted by Crippen LogP contribution is -2.53. The second-order valence-corrected chi connectivity index (χ2v) is 14.5. The van der Waals surface area contributed by atoms with Crippen LogP contribution in [0, 0.1) is 19.8 Å². The fraction of sp³-hybridized carbons (Fsp3) is 0.278. The highest BCUT2D eigenvalue weighted by atomic mass is 35.5. The van der Waals surface area contributed by atoms with Gasteiger partial charge in [-0.3, -0.25) is 13.9 Å². The number of anilines is 1. The number of hydrogen-bond donors (Lipinski definition) is 1. The number of carbonyl (C=O) groups is 2. The van der Waals surface area contributed by atoms with E-state index in [1.807, 2.05) is 51.1 Å². The van der Waals surface area contributed by atoms with Crippen molar-refractivity contribution in [1.82, 2.24) is 10.2 Å². The van der Waals surface area contributed by atoms with Crippen LogP contribution in [0.4, 0.5) is 5.69 Å². The van der Waals surface area contributed by atoms with E-state index >= 15 is 0 Å². The number of aryl methyl sites for hydroxylation is 2. The zero-order chi connectivity index (χ0) is 33.4. The molecule has 0 heterocycles. The Morgan fingerprint density at radius 3 is 2.07 bits per heavy atom. The predicted molar refractivity (Wildman–Crippen MR) is 186 cm³/mol. The predicted octanol–water partition coefficient (Wildman–Crippen LogP) is 7.22. The molecule has 4 aromatic carbocycles. The molecule has 0 fully saturated rings. The third-order valence-corrected chi connectivity index (χ3v) is 9.81. The molecule has 0 unspecified atom stereocenters. The van der Waals surface area contributed by atoms with Crippen LogP contribution in [-0.2, 0) is 32.6 Å². The summed E-state index contributed by atoms with van der Waals surface area (Å²) in [6.45, 7) is 7.52. The largest absolute Gasteiger partial charge is 0.354 e. The number of rotatable bonds is 13. The lowest BCUT2D eigenvalue weighted by molar-refractivity contribution is -0.140. The Labute approximate surface area is 282 Å². The number of nitrogens with one attached hydrogen (secondary N) is 1. The van der Waals surface area contributed by atoms with E-state index in [0.717, 1.165) is 21.0 Å². The second-order valence-electron chi connectivity index (χ2n) is 11.7. The highest BCUT2D eigenvalue weighted by Gasteiger charge is 2.35. The third-order valence-electron chi connectivity index (χ3n) is 7.55. The lowest BCUT2D eigenvalue weighted by atomic mass is 10.0. The van der Waals surface area contributed by atoms with Crippen molar-refractivity contribution in [1.29, 1.82) is 0 Å². The second kappa shape index (κ2) is 15.6. The zero-order valence-electron chi connectivity index (χ0n) is 26.4. The van der Waals surface area contributed by atoms with E-state index in [1.165, 1.54) is 23.1 Å². The van der Waals surface area contributed by atoms with Crippen LogP contribution in [0.25, 0.3) is 0 Å². The normalized spacial score (nSPS) is 12.1. The molecule has 2 amide bonds. The number of nitrogens with zero attached hydrogens (tertiary/aromatic N) is 2. The summed E-state index contributed by atoms with van der Waals surface area (Å²) in [6, 6.07) is 26.9. The van der Waals surface area contributed by atoms with E-state index in [-0.39, 0.29) is 35.4 Å². The van der Waals surface area contributed by atoms with Gasteiger partial charge in [-0.2, -0.15) is 0 Å². The van der Waals surface area contributed by atoms with Gasteiger partial charge in [0.15, 0.2) is 0 Å². The summed E-state index contributed by atoms with van der Waals surface area (Å²) in [5, 5.41) is 3.85. The Kier molecular flexibility index (Phi) is 11.9. The highest BCUT2D eigenvalue weighted by Crippen LogP contribution is 2.30. The number of amides is 2. The summed E-state index contributed by atoms with van der Waals surface area (Å²) in [5.41, 5.74) is 3.38. The molecule has 4 rings (SSSR count). The Bertz CT molecular complexity index is 1750. The minimum atomic E-state index is -4.23. The first-order valence-electron chi connectivity index (χ1n) is 15.1. The molecule has 0 saturated heterocycles. The zero-order valence-corrected chi connectivity index (χ0v) is 28.7. The van der Waals surface area contributed by atoms with Crippen LogP contribution < -0.4 is 9.62 Å². The van der Waals surface area contributed by atoms with E-state index in [1.54, 1.807) is 55.5 Å². The van der Waals surface area contributed by atoms with E-state index in [2.05, 4.69) is 5.32 Å². The van der Waals surface area contributed by atoms with Crippen LogP contribution >= 0.6 is 23.2 Å². The molecule has 242 valence electrons. The Morgan fingerprint density at radius 1 is 0.804 bits per heavy atom. The summed E-state index contributed by atoms with van der Waals surface area (Å²) in [7, 11) is -4.23. The van der Waals surface area contributed by atoms with Crippen molar-refractivity contribution in [3.05, 3.63) is 129 Å². The van der Waals surface area contributed by atoms with Crippen LogP contribution in [0.5, 0.6) is 0 Å². The van der Waals surface area contributed by atoms with E-state index in [4.69, 9.17) is 23.2 Å². The molecule has 0 radical (unpaired) electrons. The Hall–Kier alpha value is -3.85. The first-order valence-corrected chi connectivity index (χ1v) is 17.3. The van der Waals surface area contributed by atoms with Gasteiger partial charge in [0.1, 0.15) is 12.6 Å². The summed E-state index contributed by atoms with van der Waals surface area (Å²) in [5.74, 6) is -0.694. The molecule has 0 aromatic heterocycles. The third kappa shape index (κ3) is 9.12. The molecule has 0 spiro atoms. The number of sulfonamides is 1. The van der Waals surface area contributed by atoms with Crippen LogP contribution in [0.2, 0.25) is 10.0 Å². The molecule has 0 aliphatic heterocycles. The molecule has 7 nitrogen and oxygen atoms in total. The number of carbonyl (C=O) groups excluding carboxylic acids is 2. The molecule has 1 N–H and O–H groups in total. The maximum atomic E-state index is 14.6. The summed E-state index contributed by atoms with van der Waals surface area (Å²) >= 11 is 12.5. The van der Waals surface area contributed by atoms with E-state index < -0.39 is 28.5 Å². The smallest absolute Gasteiger partial charge is 0.264 e. The van der Waals surface area contributed by atoms with Gasteiger partial charge >= 0.3 is 0 Å². The van der Waals surface area contributed by atoms with Gasteiger partial charge in [-0.1, -0.05) is 103 Å². The average Bonchev–Trinajstić information content (AvgIpc) is 3.03. The molecule has 46 heavy (non-hydrogen) atoms. The number of halogens is 2. The van der Waals surface area contributed by atoms with Crippen molar-refractivity contribution in [2.45, 2.75) is 51.6 Å². The van der Waals surface area contributed by atoms with Gasteiger partial charge in [0.05, 0.1) is 10.6 Å². The highest BCUT2D eigenvalue weighted by molar-refractivity contribution is 7.92. The first-order chi connectivity index (χ1) is 21.8. The van der Waals surface area contributed by atoms with Gasteiger partial charge in [-0.15, -0.1) is 0 Å². The fourth-order valence-corrected chi connectivity index (χ4v) is 6.73. The standard InChI is InChI=1S/C36H39Cl2N3O4S/c1-25(2)22-39-36(43)34(20-28-8-6-5-7-9-28)40(23-29-13-16-30(37)17-14-29)35(42)24-41(33-21-31(38)15-12-27(33)4)46(44,45)32-18-10-26(3)11-19-32/h5-19,21,25,34H,20,22-24H2,1-4H3,(H,39,43)/t34-/m1/s1. The van der Waals surface area contributed by atoms with Gasteiger partial charge in [0.2, 0.25) is 11.8 Å². The topological polar surface area (TPSA) is 86.8 Å². The van der Waals surface area contributed by atoms with E-state index in [9.17, 15) is 18.0 Å². The Balaban J connectivity index is 1.82. The molecule has 1 atom stereocenters. The monoisotopic (exact) mass is 679 g/mol. The van der Waals surface area contributed by atoms with Crippen LogP contribution in [0.15, 0.2) is 102 Å². The van der Waals surface area contributed by atoms with Crippen molar-refractivity contribution in [3.63, 3.8) is 0 Å². The minimum Gasteiger partial charge on any atom is -0.354 e. The van der Waals surface area contributed by atoms with Gasteiger partial charge in [0, 0.05) is 29.6 Å². The molecule has 0 saturated carbocycles. The van der Waals surface area contributed by atoms with Gasteiger partial charge in [-0.05, 0) is 72.9 Å². The number of benzene rings is 4. The van der Waals surface area contributed by atoms with Crippen molar-refractivity contribution < 1.29 is 18.0 Å². The molecule has 0 aliphatic carbocycles. The molecule has 0 bridgehead atoms. The Morgan fingerprint density at radius 2 is 1.43 bits per heavy atom. The maximum absolute atomic E-state index is 14.6. The van der Waals surface area contributed by atoms with E-state index in [0.29, 0.717) is 22.2 Å². The minimum absolute atomic E-state index is 0.0324. The van der Waals surface area contributed by atoms with Gasteiger partial charge < -0.3 is 10.2 Å². The van der Waals surface area contributed by atoms with Gasteiger partial charge in [-0.25, -0.2) is 8.42 Å². The summed E-state index contributed by atoms with van der Waals surface area (Å²) < 4.78 is 29.6. The molecule has 0 aliphatic rings. The summed E-state index contributed by atoms with van der Waals surface area (Å²) in [6.07, 6.45) is 0.227. The summed E-state index contributed by atoms with van der Waals surface area (Å²) in [4.78, 5) is 29.9. The van der Waals surface area contributed by atoms with Gasteiger partial charge in [0.25, 0.3) is 10.0 Å². The lowest BCUT2D eigenvalue weighted by Gasteiger charge is -2.34. The van der Waals surface area contributed by atoms with Crippen LogP contribution in [-0.4, -0.2) is 44.3 Å². The molecule has 10 heteroatoms. The van der Waals surface area contributed by atoms with Crippen LogP contribution in [0.3, 0.4) is 0 Å². The molecule has 4 aromatic rings. The molecular formula is C36H39Cl2N3O4S. The fourth-order valence-electron chi connectivity index (χ4n) is 4.97. The molecular weight excluding hydrogens is 641 g/mol. The quantitative estimate of drug-likeness (QED) is 0.162.